The minimum Gasteiger partial charge on any atom is -0.314 e. The average Bonchev–Trinajstić information content (AvgIpc) is 2.89. The molecule has 2 heterocycles. The molecule has 7 nitrogen and oxygen atoms in total. The molecule has 0 bridgehead atoms. The van der Waals surface area contributed by atoms with Gasteiger partial charge in [-0.2, -0.15) is 13.2 Å². The van der Waals surface area contributed by atoms with Crippen molar-refractivity contribution in [3.63, 3.8) is 0 Å². The Kier molecular flexibility index (Phi) is 4.58. The Morgan fingerprint density at radius 1 is 1.18 bits per heavy atom. The van der Waals surface area contributed by atoms with Crippen molar-refractivity contribution in [3.8, 4) is 0 Å². The first-order chi connectivity index (χ1) is 13.1. The largest absolute Gasteiger partial charge is 0.440 e. The Hall–Kier alpha value is -3.43. The molecule has 1 aliphatic heterocycles. The molecule has 1 aromatic carbocycles. The molecule has 2 N–H and O–H groups in total. The number of aryl methyl sites for hydroxylation is 2. The fourth-order valence-corrected chi connectivity index (χ4v) is 2.72. The maximum atomic E-state index is 13.9. The summed E-state index contributed by atoms with van der Waals surface area (Å²) in [6, 6.07) is 5.64. The lowest BCUT2D eigenvalue weighted by molar-refractivity contribution is -0.197. The molecular formula is C18H15F3N4O3. The maximum Gasteiger partial charge on any atom is 0.440 e. The van der Waals surface area contributed by atoms with Gasteiger partial charge in [0, 0.05) is 12.4 Å². The number of hydrogen-bond donors (Lipinski definition) is 2. The van der Waals surface area contributed by atoms with Crippen LogP contribution in [0.3, 0.4) is 0 Å². The topological polar surface area (TPSA) is 91.4 Å². The Morgan fingerprint density at radius 2 is 1.89 bits per heavy atom. The summed E-state index contributed by atoms with van der Waals surface area (Å²) in [7, 11) is 0. The van der Waals surface area contributed by atoms with E-state index in [1.54, 1.807) is 30.5 Å². The first kappa shape index (κ1) is 19.3. The van der Waals surface area contributed by atoms with Gasteiger partial charge in [0.25, 0.3) is 17.5 Å². The number of anilines is 1. The third-order valence-electron chi connectivity index (χ3n) is 4.42. The number of alkyl halides is 3. The lowest BCUT2D eigenvalue weighted by Crippen LogP contribution is -2.69. The molecule has 0 saturated carbocycles. The SMILES string of the molecule is Cc1ccc(N2C(=O)NC(NC(=O)c3cccnc3)(C(F)(F)F)C2=O)cc1C. The summed E-state index contributed by atoms with van der Waals surface area (Å²) < 4.78 is 41.6. The minimum absolute atomic E-state index is 0.0349. The van der Waals surface area contributed by atoms with E-state index in [1.807, 2.05) is 0 Å². The van der Waals surface area contributed by atoms with Gasteiger partial charge >= 0.3 is 12.2 Å². The van der Waals surface area contributed by atoms with Crippen molar-refractivity contribution in [2.75, 3.05) is 4.90 Å². The van der Waals surface area contributed by atoms with Gasteiger partial charge in [-0.05, 0) is 49.2 Å². The van der Waals surface area contributed by atoms with Crippen LogP contribution in [0.25, 0.3) is 0 Å². The maximum absolute atomic E-state index is 13.9. The number of imide groups is 1. The lowest BCUT2D eigenvalue weighted by Gasteiger charge is -2.29. The number of pyridine rings is 1. The van der Waals surface area contributed by atoms with Gasteiger partial charge < -0.3 is 5.32 Å². The molecule has 0 spiro atoms. The fraction of sp³-hybridized carbons (Fsp3) is 0.222. The average molecular weight is 392 g/mol. The molecule has 146 valence electrons. The molecule has 1 saturated heterocycles. The quantitative estimate of drug-likeness (QED) is 0.785. The summed E-state index contributed by atoms with van der Waals surface area (Å²) in [5.74, 6) is -2.86. The second-order valence-electron chi connectivity index (χ2n) is 6.28. The summed E-state index contributed by atoms with van der Waals surface area (Å²) in [4.78, 5) is 41.3. The smallest absolute Gasteiger partial charge is 0.314 e. The Balaban J connectivity index is 2.02. The third-order valence-corrected chi connectivity index (χ3v) is 4.42. The summed E-state index contributed by atoms with van der Waals surface area (Å²) >= 11 is 0. The van der Waals surface area contributed by atoms with Crippen LogP contribution in [-0.4, -0.2) is 34.7 Å². The number of rotatable bonds is 3. The molecule has 1 atom stereocenters. The molecule has 28 heavy (non-hydrogen) atoms. The van der Waals surface area contributed by atoms with E-state index in [4.69, 9.17) is 0 Å². The van der Waals surface area contributed by atoms with Crippen LogP contribution in [0.5, 0.6) is 0 Å². The Morgan fingerprint density at radius 3 is 2.46 bits per heavy atom. The van der Waals surface area contributed by atoms with Crippen molar-refractivity contribution in [2.45, 2.75) is 25.7 Å². The van der Waals surface area contributed by atoms with Crippen LogP contribution in [0, 0.1) is 13.8 Å². The van der Waals surface area contributed by atoms with Gasteiger partial charge in [0.05, 0.1) is 11.3 Å². The zero-order chi connectivity index (χ0) is 20.7. The summed E-state index contributed by atoms with van der Waals surface area (Å²) in [6.45, 7) is 3.47. The zero-order valence-corrected chi connectivity index (χ0v) is 14.8. The fourth-order valence-electron chi connectivity index (χ4n) is 2.72. The molecule has 0 aliphatic carbocycles. The van der Waals surface area contributed by atoms with Gasteiger partial charge in [-0.3, -0.25) is 19.9 Å². The summed E-state index contributed by atoms with van der Waals surface area (Å²) in [5, 5.41) is 3.23. The molecule has 1 fully saturated rings. The highest BCUT2D eigenvalue weighted by Crippen LogP contribution is 2.36. The first-order valence-corrected chi connectivity index (χ1v) is 8.10. The predicted molar refractivity (Wildman–Crippen MR) is 92.4 cm³/mol. The number of halogens is 3. The number of carbonyl (C=O) groups is 3. The Labute approximate surface area is 157 Å². The predicted octanol–water partition coefficient (Wildman–Crippen LogP) is 2.44. The van der Waals surface area contributed by atoms with Crippen molar-refractivity contribution in [1.29, 1.82) is 0 Å². The highest BCUT2D eigenvalue weighted by atomic mass is 19.4. The van der Waals surface area contributed by atoms with Crippen LogP contribution >= 0.6 is 0 Å². The van der Waals surface area contributed by atoms with E-state index in [0.717, 1.165) is 11.8 Å². The second kappa shape index (κ2) is 6.63. The highest BCUT2D eigenvalue weighted by Gasteiger charge is 2.69. The molecule has 1 unspecified atom stereocenters. The molecular weight excluding hydrogens is 377 g/mol. The number of nitrogens with zero attached hydrogens (tertiary/aromatic N) is 2. The summed E-state index contributed by atoms with van der Waals surface area (Å²) in [6.07, 6.45) is -2.91. The van der Waals surface area contributed by atoms with Crippen LogP contribution in [0.1, 0.15) is 21.5 Å². The molecule has 10 heteroatoms. The number of amides is 4. The van der Waals surface area contributed by atoms with E-state index in [0.29, 0.717) is 10.5 Å². The molecule has 0 radical (unpaired) electrons. The van der Waals surface area contributed by atoms with Crippen LogP contribution in [0.2, 0.25) is 0 Å². The van der Waals surface area contributed by atoms with E-state index in [-0.39, 0.29) is 11.3 Å². The lowest BCUT2D eigenvalue weighted by atomic mass is 10.1. The van der Waals surface area contributed by atoms with Crippen LogP contribution in [0.15, 0.2) is 42.7 Å². The third kappa shape index (κ3) is 3.06. The van der Waals surface area contributed by atoms with Gasteiger partial charge in [0.2, 0.25) is 0 Å². The number of urea groups is 1. The highest BCUT2D eigenvalue weighted by molar-refractivity contribution is 6.24. The van der Waals surface area contributed by atoms with Crippen LogP contribution in [0.4, 0.5) is 23.7 Å². The molecule has 1 aromatic heterocycles. The van der Waals surface area contributed by atoms with E-state index in [9.17, 15) is 27.6 Å². The van der Waals surface area contributed by atoms with Crippen molar-refractivity contribution in [1.82, 2.24) is 15.6 Å². The number of aromatic nitrogens is 1. The van der Waals surface area contributed by atoms with Gasteiger partial charge in [0.15, 0.2) is 0 Å². The number of benzene rings is 1. The van der Waals surface area contributed by atoms with Crippen LogP contribution < -0.4 is 15.5 Å². The van der Waals surface area contributed by atoms with Crippen molar-refractivity contribution >= 4 is 23.5 Å². The van der Waals surface area contributed by atoms with Crippen molar-refractivity contribution in [3.05, 3.63) is 59.4 Å². The monoisotopic (exact) mass is 392 g/mol. The van der Waals surface area contributed by atoms with Gasteiger partial charge in [-0.25, -0.2) is 9.69 Å². The number of hydrogen-bond acceptors (Lipinski definition) is 4. The first-order valence-electron chi connectivity index (χ1n) is 8.10. The van der Waals surface area contributed by atoms with Gasteiger partial charge in [-0.1, -0.05) is 6.07 Å². The van der Waals surface area contributed by atoms with E-state index < -0.39 is 29.7 Å². The standard InChI is InChI=1S/C18H15F3N4O3/c1-10-5-6-13(8-11(10)2)25-15(27)17(18(19,20)21,24-16(25)28)23-14(26)12-4-3-7-22-9-12/h3-9H,1-2H3,(H,23,26)(H,24,28). The zero-order valence-electron chi connectivity index (χ0n) is 14.8. The molecule has 3 rings (SSSR count). The number of carbonyl (C=O) groups excluding carboxylic acids is 3. The van der Waals surface area contributed by atoms with E-state index in [2.05, 4.69) is 4.98 Å². The Bertz CT molecular complexity index is 962. The second-order valence-corrected chi connectivity index (χ2v) is 6.28. The van der Waals surface area contributed by atoms with E-state index in [1.165, 1.54) is 30.5 Å². The van der Waals surface area contributed by atoms with E-state index >= 15 is 0 Å². The van der Waals surface area contributed by atoms with Gasteiger partial charge in [0.1, 0.15) is 0 Å². The molecule has 4 amide bonds. The normalized spacial score (nSPS) is 19.5. The van der Waals surface area contributed by atoms with Gasteiger partial charge in [-0.15, -0.1) is 0 Å². The van der Waals surface area contributed by atoms with Crippen molar-refractivity contribution < 1.29 is 27.6 Å². The summed E-state index contributed by atoms with van der Waals surface area (Å²) in [5.41, 5.74) is -2.30. The van der Waals surface area contributed by atoms with Crippen molar-refractivity contribution in [2.24, 2.45) is 0 Å². The molecule has 2 aromatic rings. The minimum atomic E-state index is -5.29. The molecule has 1 aliphatic rings. The number of nitrogens with one attached hydrogen (secondary N) is 2. The van der Waals surface area contributed by atoms with Crippen LogP contribution in [-0.2, 0) is 4.79 Å².